The molecular weight excluding hydrogens is 336 g/mol. The van der Waals surface area contributed by atoms with E-state index < -0.39 is 17.6 Å². The standard InChI is InChI=1S/C13H8BrF2NO3/c14-8-4-9(15)11(16)10(5-8)20-6-7-2-1-3-17-12(7)13(18)19/h1-5H,6H2,(H,18,19). The quantitative estimate of drug-likeness (QED) is 0.864. The van der Waals surface area contributed by atoms with E-state index in [0.717, 1.165) is 6.07 Å². The molecule has 0 spiro atoms. The van der Waals surface area contributed by atoms with E-state index in [9.17, 15) is 13.6 Å². The molecule has 1 heterocycles. The molecule has 4 nitrogen and oxygen atoms in total. The lowest BCUT2D eigenvalue weighted by Crippen LogP contribution is -2.08. The Morgan fingerprint density at radius 1 is 1.40 bits per heavy atom. The zero-order valence-electron chi connectivity index (χ0n) is 9.94. The molecule has 2 aromatic rings. The van der Waals surface area contributed by atoms with Gasteiger partial charge in [-0.3, -0.25) is 0 Å². The molecule has 0 atom stereocenters. The molecule has 0 aliphatic carbocycles. The lowest BCUT2D eigenvalue weighted by Gasteiger charge is -2.09. The summed E-state index contributed by atoms with van der Waals surface area (Å²) in [6.45, 7) is -0.234. The van der Waals surface area contributed by atoms with Gasteiger partial charge >= 0.3 is 5.97 Å². The van der Waals surface area contributed by atoms with Crippen LogP contribution >= 0.6 is 15.9 Å². The number of nitrogens with zero attached hydrogens (tertiary/aromatic N) is 1. The zero-order valence-corrected chi connectivity index (χ0v) is 11.5. The molecular formula is C13H8BrF2NO3. The summed E-state index contributed by atoms with van der Waals surface area (Å²) in [5, 5.41) is 8.95. The van der Waals surface area contributed by atoms with E-state index >= 15 is 0 Å². The van der Waals surface area contributed by atoms with Crippen LogP contribution in [0.15, 0.2) is 34.9 Å². The number of hydrogen-bond donors (Lipinski definition) is 1. The summed E-state index contributed by atoms with van der Waals surface area (Å²) in [5.74, 6) is -3.71. The Morgan fingerprint density at radius 3 is 2.85 bits per heavy atom. The number of rotatable bonds is 4. The van der Waals surface area contributed by atoms with Crippen molar-refractivity contribution in [1.29, 1.82) is 0 Å². The summed E-state index contributed by atoms with van der Waals surface area (Å²) >= 11 is 3.02. The summed E-state index contributed by atoms with van der Waals surface area (Å²) in [6.07, 6.45) is 1.33. The fraction of sp³-hybridized carbons (Fsp3) is 0.0769. The third-order valence-corrected chi connectivity index (χ3v) is 2.89. The van der Waals surface area contributed by atoms with Crippen LogP contribution in [0.4, 0.5) is 8.78 Å². The molecule has 0 saturated heterocycles. The summed E-state index contributed by atoms with van der Waals surface area (Å²) in [4.78, 5) is 14.6. The van der Waals surface area contributed by atoms with Crippen LogP contribution in [0.5, 0.6) is 5.75 Å². The minimum absolute atomic E-state index is 0.191. The van der Waals surface area contributed by atoms with Crippen molar-refractivity contribution in [2.24, 2.45) is 0 Å². The summed E-state index contributed by atoms with van der Waals surface area (Å²) in [5.41, 5.74) is 0.0724. The van der Waals surface area contributed by atoms with Gasteiger partial charge in [0, 0.05) is 16.2 Å². The van der Waals surface area contributed by atoms with Crippen LogP contribution in [0.2, 0.25) is 0 Å². The Morgan fingerprint density at radius 2 is 2.15 bits per heavy atom. The number of carbonyl (C=O) groups is 1. The Bertz CT molecular complexity index is 664. The highest BCUT2D eigenvalue weighted by Crippen LogP contribution is 2.26. The van der Waals surface area contributed by atoms with Crippen LogP contribution in [0.3, 0.4) is 0 Å². The number of ether oxygens (including phenoxy) is 1. The number of hydrogen-bond acceptors (Lipinski definition) is 3. The molecule has 0 bridgehead atoms. The molecule has 0 fully saturated rings. The third kappa shape index (κ3) is 3.11. The molecule has 0 unspecified atom stereocenters. The Labute approximate surface area is 121 Å². The molecule has 7 heteroatoms. The van der Waals surface area contributed by atoms with E-state index in [0.29, 0.717) is 4.47 Å². The van der Waals surface area contributed by atoms with Crippen molar-refractivity contribution in [3.05, 3.63) is 57.8 Å². The van der Waals surface area contributed by atoms with Crippen molar-refractivity contribution in [3.8, 4) is 5.75 Å². The molecule has 2 rings (SSSR count). The lowest BCUT2D eigenvalue weighted by molar-refractivity contribution is 0.0687. The van der Waals surface area contributed by atoms with Crippen LogP contribution in [0.25, 0.3) is 0 Å². The van der Waals surface area contributed by atoms with E-state index in [-0.39, 0.29) is 23.6 Å². The highest BCUT2D eigenvalue weighted by atomic mass is 79.9. The third-order valence-electron chi connectivity index (χ3n) is 2.44. The molecule has 0 radical (unpaired) electrons. The van der Waals surface area contributed by atoms with Gasteiger partial charge in [-0.25, -0.2) is 14.2 Å². The first-order chi connectivity index (χ1) is 9.49. The van der Waals surface area contributed by atoms with E-state index in [4.69, 9.17) is 9.84 Å². The van der Waals surface area contributed by atoms with Crippen LogP contribution in [-0.2, 0) is 6.61 Å². The number of pyridine rings is 1. The van der Waals surface area contributed by atoms with Gasteiger partial charge in [0.1, 0.15) is 6.61 Å². The molecule has 104 valence electrons. The first kappa shape index (κ1) is 14.4. The Hall–Kier alpha value is -2.02. The van der Waals surface area contributed by atoms with E-state index in [2.05, 4.69) is 20.9 Å². The zero-order chi connectivity index (χ0) is 14.7. The Kier molecular flexibility index (Phi) is 4.29. The number of carboxylic acid groups (broad SMARTS) is 1. The first-order valence-corrected chi connectivity index (χ1v) is 6.23. The van der Waals surface area contributed by atoms with E-state index in [1.165, 1.54) is 24.4 Å². The topological polar surface area (TPSA) is 59.4 Å². The van der Waals surface area contributed by atoms with Crippen LogP contribution in [0.1, 0.15) is 16.1 Å². The molecule has 1 aromatic carbocycles. The fourth-order valence-corrected chi connectivity index (χ4v) is 1.95. The van der Waals surface area contributed by atoms with Crippen molar-refractivity contribution in [2.45, 2.75) is 6.61 Å². The van der Waals surface area contributed by atoms with Crippen LogP contribution in [-0.4, -0.2) is 16.1 Å². The van der Waals surface area contributed by atoms with Gasteiger partial charge in [0.25, 0.3) is 0 Å². The summed E-state index contributed by atoms with van der Waals surface area (Å²) in [6, 6.07) is 5.25. The fourth-order valence-electron chi connectivity index (χ4n) is 1.54. The maximum atomic E-state index is 13.5. The van der Waals surface area contributed by atoms with E-state index in [1.54, 1.807) is 0 Å². The monoisotopic (exact) mass is 343 g/mol. The number of aromatic carboxylic acids is 1. The Balaban J connectivity index is 2.24. The SMILES string of the molecule is O=C(O)c1ncccc1COc1cc(Br)cc(F)c1F. The van der Waals surface area contributed by atoms with Gasteiger partial charge in [-0.1, -0.05) is 22.0 Å². The number of halogens is 3. The maximum Gasteiger partial charge on any atom is 0.354 e. The minimum Gasteiger partial charge on any atom is -0.486 e. The molecule has 1 aromatic heterocycles. The molecule has 0 aliphatic heterocycles. The van der Waals surface area contributed by atoms with Gasteiger partial charge in [-0.15, -0.1) is 0 Å². The predicted molar refractivity (Wildman–Crippen MR) is 69.6 cm³/mol. The van der Waals surface area contributed by atoms with Crippen molar-refractivity contribution in [2.75, 3.05) is 0 Å². The van der Waals surface area contributed by atoms with Gasteiger partial charge < -0.3 is 9.84 Å². The molecule has 0 saturated carbocycles. The molecule has 0 aliphatic rings. The highest BCUT2D eigenvalue weighted by Gasteiger charge is 2.14. The van der Waals surface area contributed by atoms with Crippen molar-refractivity contribution in [3.63, 3.8) is 0 Å². The molecule has 1 N–H and O–H groups in total. The largest absolute Gasteiger partial charge is 0.486 e. The van der Waals surface area contributed by atoms with Crippen molar-refractivity contribution >= 4 is 21.9 Å². The number of aromatic nitrogens is 1. The normalized spacial score (nSPS) is 10.3. The molecule has 0 amide bonds. The minimum atomic E-state index is -1.22. The number of benzene rings is 1. The molecule has 20 heavy (non-hydrogen) atoms. The summed E-state index contributed by atoms with van der Waals surface area (Å²) in [7, 11) is 0. The smallest absolute Gasteiger partial charge is 0.354 e. The van der Waals surface area contributed by atoms with Crippen molar-refractivity contribution < 1.29 is 23.4 Å². The van der Waals surface area contributed by atoms with E-state index in [1.807, 2.05) is 0 Å². The van der Waals surface area contributed by atoms with Gasteiger partial charge in [0.2, 0.25) is 5.82 Å². The second kappa shape index (κ2) is 5.96. The van der Waals surface area contributed by atoms with Gasteiger partial charge in [-0.2, -0.15) is 4.39 Å². The first-order valence-electron chi connectivity index (χ1n) is 5.43. The van der Waals surface area contributed by atoms with Crippen LogP contribution < -0.4 is 4.74 Å². The second-order valence-corrected chi connectivity index (χ2v) is 4.72. The van der Waals surface area contributed by atoms with Gasteiger partial charge in [-0.05, 0) is 18.2 Å². The average molecular weight is 344 g/mol. The maximum absolute atomic E-state index is 13.5. The van der Waals surface area contributed by atoms with Crippen molar-refractivity contribution in [1.82, 2.24) is 4.98 Å². The number of carboxylic acids is 1. The van der Waals surface area contributed by atoms with Gasteiger partial charge in [0.05, 0.1) is 0 Å². The lowest BCUT2D eigenvalue weighted by atomic mass is 10.2. The van der Waals surface area contributed by atoms with Gasteiger partial charge in [0.15, 0.2) is 17.3 Å². The average Bonchev–Trinajstić information content (AvgIpc) is 2.41. The predicted octanol–water partition coefficient (Wildman–Crippen LogP) is 3.40. The highest BCUT2D eigenvalue weighted by molar-refractivity contribution is 9.10. The van der Waals surface area contributed by atoms with Crippen LogP contribution in [0, 0.1) is 11.6 Å². The second-order valence-electron chi connectivity index (χ2n) is 3.80. The summed E-state index contributed by atoms with van der Waals surface area (Å²) < 4.78 is 32.1.